The first kappa shape index (κ1) is 50.7. The molecule has 1 aliphatic rings. The fourth-order valence-corrected chi connectivity index (χ4v) is 7.12. The number of carbonyl (C=O) groups is 6. The van der Waals surface area contributed by atoms with Gasteiger partial charge in [-0.15, -0.1) is 0 Å². The van der Waals surface area contributed by atoms with Crippen LogP contribution in [0.5, 0.6) is 0 Å². The summed E-state index contributed by atoms with van der Waals surface area (Å²) < 4.78 is 50.7. The van der Waals surface area contributed by atoms with Crippen molar-refractivity contribution >= 4 is 51.3 Å². The normalized spacial score (nSPS) is 23.7. The van der Waals surface area contributed by atoms with Gasteiger partial charge in [-0.05, 0) is 59.3 Å². The number of urea groups is 1. The maximum Gasteiger partial charge on any atom is 0.483 e. The topological polar surface area (TPSA) is 344 Å². The van der Waals surface area contributed by atoms with Crippen molar-refractivity contribution in [3.63, 3.8) is 0 Å². The van der Waals surface area contributed by atoms with Crippen LogP contribution in [-0.2, 0) is 55.9 Å². The lowest BCUT2D eigenvalue weighted by Gasteiger charge is -2.44. The number of hydrogen-bond donors (Lipinski definition) is 10. The van der Waals surface area contributed by atoms with Crippen molar-refractivity contribution < 1.29 is 85.8 Å². The average molecular weight is 848 g/mol. The van der Waals surface area contributed by atoms with Crippen molar-refractivity contribution in [2.45, 2.75) is 122 Å². The number of ether oxygens (including phenoxy) is 2. The molecule has 0 aliphatic carbocycles. The van der Waals surface area contributed by atoms with Crippen molar-refractivity contribution in [2.75, 3.05) is 20.3 Å². The summed E-state index contributed by atoms with van der Waals surface area (Å²) in [6, 6.07) is -5.33. The van der Waals surface area contributed by atoms with Crippen LogP contribution in [0.1, 0.15) is 73.6 Å². The smallest absolute Gasteiger partial charge is 0.480 e. The zero-order valence-corrected chi connectivity index (χ0v) is 33.9. The van der Waals surface area contributed by atoms with Crippen LogP contribution in [0.2, 0.25) is 0 Å². The molecular formula is C31H55N5O18P2. The monoisotopic (exact) mass is 847 g/mol. The number of carbonyl (C=O) groups excluding carboxylic acids is 5. The first-order valence-corrected chi connectivity index (χ1v) is 20.5. The summed E-state index contributed by atoms with van der Waals surface area (Å²) in [5, 5.41) is 40.8. The van der Waals surface area contributed by atoms with Gasteiger partial charge in [0.1, 0.15) is 42.5 Å². The van der Waals surface area contributed by atoms with Crippen LogP contribution in [0.4, 0.5) is 4.79 Å². The van der Waals surface area contributed by atoms with E-state index in [9.17, 15) is 63.0 Å². The predicted octanol–water partition coefficient (Wildman–Crippen LogP) is -0.324. The maximum absolute atomic E-state index is 13.0. The maximum atomic E-state index is 13.0. The fraction of sp³-hybridized carbons (Fsp3) is 0.742. The van der Waals surface area contributed by atoms with E-state index in [-0.39, 0.29) is 18.9 Å². The third-order valence-corrected chi connectivity index (χ3v) is 10.6. The highest BCUT2D eigenvalue weighted by atomic mass is 31.3. The molecule has 1 heterocycles. The van der Waals surface area contributed by atoms with Crippen LogP contribution in [0, 0.1) is 5.92 Å². The van der Waals surface area contributed by atoms with Crippen LogP contribution in [0.25, 0.3) is 0 Å². The van der Waals surface area contributed by atoms with Gasteiger partial charge in [0, 0.05) is 20.4 Å². The van der Waals surface area contributed by atoms with Gasteiger partial charge in [-0.3, -0.25) is 33.5 Å². The van der Waals surface area contributed by atoms with Crippen molar-refractivity contribution in [2.24, 2.45) is 5.92 Å². The molecule has 0 saturated carbocycles. The molecule has 1 rings (SSSR count). The van der Waals surface area contributed by atoms with Crippen molar-refractivity contribution in [3.05, 3.63) is 11.6 Å². The third kappa shape index (κ3) is 18.7. The number of aliphatic carboxylic acids is 1. The summed E-state index contributed by atoms with van der Waals surface area (Å²) >= 11 is 0. The summed E-state index contributed by atoms with van der Waals surface area (Å²) in [5.41, 5.74) is 1.13. The molecule has 0 aromatic heterocycles. The molecule has 25 heteroatoms. The minimum absolute atomic E-state index is 0.0545. The minimum Gasteiger partial charge on any atom is -0.480 e. The van der Waals surface area contributed by atoms with Gasteiger partial charge in [-0.2, -0.15) is 4.31 Å². The van der Waals surface area contributed by atoms with E-state index in [1.165, 1.54) is 14.0 Å². The number of imide groups is 1. The van der Waals surface area contributed by atoms with Gasteiger partial charge in [0.15, 0.2) is 6.29 Å². The Morgan fingerprint density at radius 3 is 2.12 bits per heavy atom. The number of nitrogens with one attached hydrogen (secondary N) is 5. The number of allylic oxidation sites excluding steroid dienone is 2. The first-order valence-electron chi connectivity index (χ1n) is 17.5. The molecular weight excluding hydrogens is 792 g/mol. The Bertz CT molecular complexity index is 1500. The average Bonchev–Trinajstić information content (AvgIpc) is 3.07. The SMILES string of the molecule is CNC(=O)N[C@H](CCC(=O)N[C@@H](C)C(=O)NC(=O)[C@@H](C)O[C@H]1[C@H](O)[C@@H](CO)O[C@H](OP(=O)(O)OP(=O)(O)OCC[C@H](C)CCC=C(C)C)[C@@H]1NC(C)=O)C(=O)O. The second-order valence-corrected chi connectivity index (χ2v) is 16.2. The molecule has 1 saturated heterocycles. The molecule has 0 spiro atoms. The number of phosphoric ester groups is 2. The van der Waals surface area contributed by atoms with E-state index >= 15 is 0 Å². The molecule has 56 heavy (non-hydrogen) atoms. The summed E-state index contributed by atoms with van der Waals surface area (Å²) in [5.74, 6) is -5.19. The summed E-state index contributed by atoms with van der Waals surface area (Å²) in [6.07, 6.45) is -6.02. The molecule has 0 radical (unpaired) electrons. The lowest BCUT2D eigenvalue weighted by atomic mass is 9.96. The minimum atomic E-state index is -5.61. The van der Waals surface area contributed by atoms with Crippen LogP contribution >= 0.6 is 15.6 Å². The lowest BCUT2D eigenvalue weighted by molar-refractivity contribution is -0.261. The number of carboxylic acids is 1. The van der Waals surface area contributed by atoms with Crippen molar-refractivity contribution in [3.8, 4) is 0 Å². The number of aliphatic hydroxyl groups is 2. The Kier molecular flexibility index (Phi) is 21.5. The summed E-state index contributed by atoms with van der Waals surface area (Å²) in [4.78, 5) is 93.5. The fourth-order valence-electron chi connectivity index (χ4n) is 4.95. The highest BCUT2D eigenvalue weighted by molar-refractivity contribution is 7.61. The zero-order valence-electron chi connectivity index (χ0n) is 32.2. The number of phosphoric acid groups is 2. The first-order chi connectivity index (χ1) is 25.9. The summed E-state index contributed by atoms with van der Waals surface area (Å²) in [6.45, 7) is 7.77. The third-order valence-electron chi connectivity index (χ3n) is 7.98. The van der Waals surface area contributed by atoms with Crippen molar-refractivity contribution in [1.29, 1.82) is 0 Å². The van der Waals surface area contributed by atoms with E-state index in [1.807, 2.05) is 32.2 Å². The molecule has 2 unspecified atom stereocenters. The molecule has 0 bridgehead atoms. The summed E-state index contributed by atoms with van der Waals surface area (Å²) in [7, 11) is -9.58. The van der Waals surface area contributed by atoms with Crippen LogP contribution < -0.4 is 26.6 Å². The van der Waals surface area contributed by atoms with Gasteiger partial charge in [0.2, 0.25) is 17.7 Å². The number of carboxylic acid groups (broad SMARTS) is 1. The Balaban J connectivity index is 2.99. The van der Waals surface area contributed by atoms with Gasteiger partial charge >= 0.3 is 27.6 Å². The Morgan fingerprint density at radius 1 is 0.929 bits per heavy atom. The van der Waals surface area contributed by atoms with E-state index < -0.39 is 113 Å². The standard InChI is InChI=1S/C31H55N5O18P2/c1-16(2)9-8-10-17(3)13-14-50-55(46,47)54-56(48,49)53-30-24(34-20(6)38)26(25(40)22(15-37)52-30)51-19(5)28(42)36-27(41)18(4)33-23(39)12-11-21(29(43)44)35-31(45)32-7/h9,17-19,21-22,24-26,30,37,40H,8,10-15H2,1-7H3,(H,33,39)(H,34,38)(H,43,44)(H,46,47)(H,48,49)(H2,32,35,45)(H,36,41,42)/t17-,18+,19-,21-,22-,24-,25-,26-,30-/m1/s1. The Hall–Kier alpha value is -3.34. The largest absolute Gasteiger partial charge is 0.483 e. The van der Waals surface area contributed by atoms with Crippen molar-refractivity contribution in [1.82, 2.24) is 26.6 Å². The number of hydrogen-bond acceptors (Lipinski definition) is 15. The molecule has 0 aromatic carbocycles. The van der Waals surface area contributed by atoms with E-state index in [1.54, 1.807) is 0 Å². The predicted molar refractivity (Wildman–Crippen MR) is 193 cm³/mol. The van der Waals surface area contributed by atoms with Gasteiger partial charge in [0.05, 0.1) is 13.2 Å². The molecule has 322 valence electrons. The van der Waals surface area contributed by atoms with E-state index in [4.69, 9.17) is 18.5 Å². The number of rotatable bonds is 23. The number of aliphatic hydroxyl groups excluding tert-OH is 2. The highest BCUT2D eigenvalue weighted by Gasteiger charge is 2.51. The van der Waals surface area contributed by atoms with Crippen LogP contribution in [0.15, 0.2) is 11.6 Å². The quantitative estimate of drug-likeness (QED) is 0.0465. The molecule has 1 aliphatic heterocycles. The van der Waals surface area contributed by atoms with Gasteiger partial charge in [-0.1, -0.05) is 18.6 Å². The Morgan fingerprint density at radius 2 is 1.57 bits per heavy atom. The van der Waals surface area contributed by atoms with E-state index in [0.29, 0.717) is 6.42 Å². The molecule has 0 aromatic rings. The highest BCUT2D eigenvalue weighted by Crippen LogP contribution is 2.61. The second kappa shape index (κ2) is 23.8. The molecule has 10 N–H and O–H groups in total. The van der Waals surface area contributed by atoms with E-state index in [0.717, 1.165) is 32.3 Å². The zero-order chi connectivity index (χ0) is 43.0. The second-order valence-electron chi connectivity index (χ2n) is 13.2. The molecule has 11 atom stereocenters. The molecule has 23 nitrogen and oxygen atoms in total. The van der Waals surface area contributed by atoms with Gasteiger partial charge in [0.25, 0.3) is 5.91 Å². The van der Waals surface area contributed by atoms with Crippen LogP contribution in [0.3, 0.4) is 0 Å². The molecule has 1 fully saturated rings. The Labute approximate surface area is 323 Å². The van der Waals surface area contributed by atoms with Crippen LogP contribution in [-0.4, -0.2) is 130 Å². The molecule has 6 amide bonds. The number of amides is 6. The lowest BCUT2D eigenvalue weighted by Crippen LogP contribution is -2.66. The van der Waals surface area contributed by atoms with E-state index in [2.05, 4.69) is 25.6 Å². The van der Waals surface area contributed by atoms with Gasteiger partial charge in [-0.25, -0.2) is 18.7 Å². The van der Waals surface area contributed by atoms with Gasteiger partial charge < -0.3 is 55.8 Å².